The molecule has 6 atom stereocenters. The van der Waals surface area contributed by atoms with Crippen LogP contribution in [0.5, 0.6) is 0 Å². The van der Waals surface area contributed by atoms with Crippen molar-refractivity contribution in [2.45, 2.75) is 282 Å². The van der Waals surface area contributed by atoms with Crippen molar-refractivity contribution in [3.8, 4) is 0 Å². The van der Waals surface area contributed by atoms with Crippen molar-refractivity contribution in [3.63, 3.8) is 0 Å². The number of hydrogen-bond acceptors (Lipinski definition) is 9. The first-order valence-corrected chi connectivity index (χ1v) is 28.4. The Morgan fingerprint density at radius 2 is 0.897 bits per heavy atom. The molecule has 6 unspecified atom stereocenters. The first-order valence-electron chi connectivity index (χ1n) is 28.4. The summed E-state index contributed by atoms with van der Waals surface area (Å²) >= 11 is 0. The second-order valence-corrected chi connectivity index (χ2v) is 19.4. The molecule has 0 radical (unpaired) electrons. The van der Waals surface area contributed by atoms with Gasteiger partial charge in [0.05, 0.1) is 19.8 Å². The number of carbonyl (C=O) groups excluding carboxylic acids is 1. The van der Waals surface area contributed by atoms with Crippen molar-refractivity contribution in [2.75, 3.05) is 26.4 Å². The standard InChI is InChI=1S/C59H106O9/c1-3-5-7-9-11-13-15-17-19-21-23-25-26-27-28-29-30-32-34-36-38-40-42-44-46-48-55(61)67-53(52-66-59-58(64)57(63)56(62)54(50-60)68-59)51-65-49-47-45-43-41-39-37-35-33-31-24-22-20-18-16-14-12-10-8-6-4-2/h6,8,12,14,18,20-21,23-24,31,53-54,56-60,62-64H,3-5,7,9-11,13,15-17,19,22,25-30,32-52H2,1-2H3/b8-6-,14-12-,20-18-,23-21-,31-24-. The second-order valence-electron chi connectivity index (χ2n) is 19.4. The fourth-order valence-corrected chi connectivity index (χ4v) is 8.54. The van der Waals surface area contributed by atoms with Gasteiger partial charge in [-0.3, -0.25) is 4.79 Å². The van der Waals surface area contributed by atoms with Crippen LogP contribution in [0.2, 0.25) is 0 Å². The van der Waals surface area contributed by atoms with E-state index < -0.39 is 43.4 Å². The molecule has 0 aromatic carbocycles. The first-order chi connectivity index (χ1) is 33.4. The topological polar surface area (TPSA) is 135 Å². The molecule has 0 amide bonds. The Bertz CT molecular complexity index is 1230. The Balaban J connectivity index is 2.16. The smallest absolute Gasteiger partial charge is 0.306 e. The maximum absolute atomic E-state index is 12.9. The Kier molecular flexibility index (Phi) is 46.9. The van der Waals surface area contributed by atoms with E-state index in [0.717, 1.165) is 70.6 Å². The molecule has 0 aromatic rings. The monoisotopic (exact) mass is 959 g/mol. The molecule has 0 saturated carbocycles. The Hall–Kier alpha value is -2.11. The van der Waals surface area contributed by atoms with Crippen LogP contribution >= 0.6 is 0 Å². The van der Waals surface area contributed by atoms with Gasteiger partial charge in [-0.05, 0) is 77.0 Å². The van der Waals surface area contributed by atoms with Gasteiger partial charge in [-0.15, -0.1) is 0 Å². The van der Waals surface area contributed by atoms with E-state index in [-0.39, 0.29) is 19.2 Å². The van der Waals surface area contributed by atoms with Crippen molar-refractivity contribution >= 4 is 5.97 Å². The molecule has 68 heavy (non-hydrogen) atoms. The van der Waals surface area contributed by atoms with Gasteiger partial charge in [-0.1, -0.05) is 222 Å². The van der Waals surface area contributed by atoms with Crippen LogP contribution in [0.4, 0.5) is 0 Å². The highest BCUT2D eigenvalue weighted by molar-refractivity contribution is 5.69. The molecular weight excluding hydrogens is 853 g/mol. The van der Waals surface area contributed by atoms with Crippen LogP contribution in [0, 0.1) is 0 Å². The molecule has 1 saturated heterocycles. The quantitative estimate of drug-likeness (QED) is 0.0267. The number of aliphatic hydroxyl groups excluding tert-OH is 4. The average Bonchev–Trinajstić information content (AvgIpc) is 3.34. The summed E-state index contributed by atoms with van der Waals surface area (Å²) in [5, 5.41) is 40.3. The van der Waals surface area contributed by atoms with E-state index in [0.29, 0.717) is 13.0 Å². The lowest BCUT2D eigenvalue weighted by molar-refractivity contribution is -0.305. The second kappa shape index (κ2) is 49.9. The van der Waals surface area contributed by atoms with Gasteiger partial charge in [0, 0.05) is 13.0 Å². The van der Waals surface area contributed by atoms with Gasteiger partial charge in [0.15, 0.2) is 6.29 Å². The fourth-order valence-electron chi connectivity index (χ4n) is 8.54. The van der Waals surface area contributed by atoms with Crippen LogP contribution in [-0.4, -0.2) is 89.6 Å². The summed E-state index contributed by atoms with van der Waals surface area (Å²) in [7, 11) is 0. The Morgan fingerprint density at radius 3 is 1.37 bits per heavy atom. The zero-order valence-electron chi connectivity index (χ0n) is 43.9. The molecule has 0 aliphatic carbocycles. The normalized spacial score (nSPS) is 19.5. The summed E-state index contributed by atoms with van der Waals surface area (Å²) in [4.78, 5) is 12.9. The largest absolute Gasteiger partial charge is 0.457 e. The molecule has 0 aromatic heterocycles. The maximum Gasteiger partial charge on any atom is 0.306 e. The van der Waals surface area contributed by atoms with E-state index in [2.05, 4.69) is 74.6 Å². The summed E-state index contributed by atoms with van der Waals surface area (Å²) in [6.07, 6.45) is 58.4. The predicted octanol–water partition coefficient (Wildman–Crippen LogP) is 14.6. The van der Waals surface area contributed by atoms with Crippen molar-refractivity contribution in [2.24, 2.45) is 0 Å². The lowest BCUT2D eigenvalue weighted by atomic mass is 9.99. The Morgan fingerprint density at radius 1 is 0.485 bits per heavy atom. The molecule has 396 valence electrons. The molecule has 1 rings (SSSR count). The molecule has 1 aliphatic rings. The van der Waals surface area contributed by atoms with Gasteiger partial charge in [0.2, 0.25) is 0 Å². The summed E-state index contributed by atoms with van der Waals surface area (Å²) < 4.78 is 22.9. The van der Waals surface area contributed by atoms with E-state index in [1.807, 2.05) is 0 Å². The van der Waals surface area contributed by atoms with Crippen molar-refractivity contribution in [1.29, 1.82) is 0 Å². The summed E-state index contributed by atoms with van der Waals surface area (Å²) in [6.45, 7) is 4.45. The third-order valence-electron chi connectivity index (χ3n) is 12.9. The van der Waals surface area contributed by atoms with Gasteiger partial charge >= 0.3 is 5.97 Å². The third kappa shape index (κ3) is 39.6. The van der Waals surface area contributed by atoms with Crippen molar-refractivity contribution < 1.29 is 44.2 Å². The fraction of sp³-hybridized carbons (Fsp3) is 0.814. The molecule has 4 N–H and O–H groups in total. The molecule has 9 heteroatoms. The van der Waals surface area contributed by atoms with Crippen LogP contribution in [0.3, 0.4) is 0 Å². The lowest BCUT2D eigenvalue weighted by Crippen LogP contribution is -2.59. The highest BCUT2D eigenvalue weighted by atomic mass is 16.7. The third-order valence-corrected chi connectivity index (χ3v) is 12.9. The van der Waals surface area contributed by atoms with E-state index in [1.54, 1.807) is 0 Å². The zero-order chi connectivity index (χ0) is 49.2. The highest BCUT2D eigenvalue weighted by Crippen LogP contribution is 2.23. The average molecular weight is 959 g/mol. The zero-order valence-corrected chi connectivity index (χ0v) is 43.9. The molecule has 0 bridgehead atoms. The van der Waals surface area contributed by atoms with Gasteiger partial charge in [-0.2, -0.15) is 0 Å². The first kappa shape index (κ1) is 63.9. The van der Waals surface area contributed by atoms with Crippen molar-refractivity contribution in [1.82, 2.24) is 0 Å². The number of aliphatic hydroxyl groups is 4. The lowest BCUT2D eigenvalue weighted by Gasteiger charge is -2.39. The van der Waals surface area contributed by atoms with Gasteiger partial charge in [0.25, 0.3) is 0 Å². The summed E-state index contributed by atoms with van der Waals surface area (Å²) in [5.74, 6) is -0.316. The Labute approximate surface area is 417 Å². The van der Waals surface area contributed by atoms with E-state index >= 15 is 0 Å². The molecule has 1 heterocycles. The number of rotatable bonds is 49. The van der Waals surface area contributed by atoms with Crippen LogP contribution in [0.25, 0.3) is 0 Å². The number of allylic oxidation sites excluding steroid dienone is 10. The SMILES string of the molecule is CC/C=C\C/C=C\C/C=C\C/C=C\CCCCCCCCCOCC(COC1OC(CO)C(O)C(O)C1O)OC(=O)CCCCCCCCCCCCCCC/C=C\CCCCCCCCCC. The maximum atomic E-state index is 12.9. The summed E-state index contributed by atoms with van der Waals surface area (Å²) in [5.41, 5.74) is 0. The molecule has 9 nitrogen and oxygen atoms in total. The van der Waals surface area contributed by atoms with Crippen LogP contribution < -0.4 is 0 Å². The minimum Gasteiger partial charge on any atom is -0.457 e. The molecule has 1 aliphatic heterocycles. The van der Waals surface area contributed by atoms with Gasteiger partial charge in [0.1, 0.15) is 30.5 Å². The van der Waals surface area contributed by atoms with Crippen molar-refractivity contribution in [3.05, 3.63) is 60.8 Å². The predicted molar refractivity (Wildman–Crippen MR) is 284 cm³/mol. The summed E-state index contributed by atoms with van der Waals surface area (Å²) in [6, 6.07) is 0. The van der Waals surface area contributed by atoms with E-state index in [9.17, 15) is 25.2 Å². The van der Waals surface area contributed by atoms with Crippen LogP contribution in [-0.2, 0) is 23.7 Å². The molecule has 1 fully saturated rings. The number of unbranched alkanes of at least 4 members (excludes halogenated alkanes) is 28. The van der Waals surface area contributed by atoms with E-state index in [1.165, 1.54) is 154 Å². The number of ether oxygens (including phenoxy) is 4. The number of carbonyl (C=O) groups is 1. The highest BCUT2D eigenvalue weighted by Gasteiger charge is 2.44. The van der Waals surface area contributed by atoms with E-state index in [4.69, 9.17) is 18.9 Å². The van der Waals surface area contributed by atoms with Gasteiger partial charge in [-0.25, -0.2) is 0 Å². The van der Waals surface area contributed by atoms with Crippen LogP contribution in [0.1, 0.15) is 245 Å². The minimum atomic E-state index is -1.54. The molecule has 0 spiro atoms. The number of hydrogen-bond donors (Lipinski definition) is 4. The molecular formula is C59H106O9. The van der Waals surface area contributed by atoms with Crippen LogP contribution in [0.15, 0.2) is 60.8 Å². The minimum absolute atomic E-state index is 0.119. The van der Waals surface area contributed by atoms with Gasteiger partial charge < -0.3 is 39.4 Å². The number of esters is 1.